The van der Waals surface area contributed by atoms with Gasteiger partial charge in [-0.15, -0.1) is 0 Å². The van der Waals surface area contributed by atoms with E-state index in [2.05, 4.69) is 6.07 Å². The van der Waals surface area contributed by atoms with Crippen LogP contribution in [0.3, 0.4) is 0 Å². The first-order chi connectivity index (χ1) is 16.0. The van der Waals surface area contributed by atoms with E-state index < -0.39 is 58.0 Å². The van der Waals surface area contributed by atoms with Crippen LogP contribution in [0.2, 0.25) is 0 Å². The van der Waals surface area contributed by atoms with Gasteiger partial charge in [0, 0.05) is 17.9 Å². The highest BCUT2D eigenvalue weighted by Gasteiger charge is 2.63. The Bertz CT molecular complexity index is 1240. The molecule has 0 aromatic heterocycles. The summed E-state index contributed by atoms with van der Waals surface area (Å²) in [5.41, 5.74) is 2.83. The predicted octanol–water partition coefficient (Wildman–Crippen LogP) is 0.577. The number of Topliss-reactive ketones (excluding diaryl/α,β-unsaturated/α-hetero) is 2. The molecule has 0 spiro atoms. The Balaban J connectivity index is 1.94. The molecule has 3 aliphatic rings. The number of allylic oxidation sites excluding steroid dienone is 1. The molecule has 0 bridgehead atoms. The van der Waals surface area contributed by atoms with Crippen LogP contribution < -0.4 is 5.73 Å². The number of primary amides is 1. The number of aromatic hydroxyl groups is 1. The largest absolute Gasteiger partial charge is 0.510 e. The number of rotatable bonds is 4. The van der Waals surface area contributed by atoms with Gasteiger partial charge in [0.25, 0.3) is 5.91 Å². The first-order valence-corrected chi connectivity index (χ1v) is 10.8. The van der Waals surface area contributed by atoms with E-state index in [9.17, 15) is 34.8 Å². The van der Waals surface area contributed by atoms with Crippen molar-refractivity contribution in [2.45, 2.75) is 37.3 Å². The van der Waals surface area contributed by atoms with Gasteiger partial charge < -0.3 is 26.2 Å². The van der Waals surface area contributed by atoms with Crippen LogP contribution in [0, 0.1) is 23.2 Å². The average molecular weight is 467 g/mol. The van der Waals surface area contributed by atoms with E-state index in [0.29, 0.717) is 17.5 Å². The molecule has 0 saturated heterocycles. The summed E-state index contributed by atoms with van der Waals surface area (Å²) in [6, 6.07) is 4.00. The highest BCUT2D eigenvalue weighted by molar-refractivity contribution is 6.24. The van der Waals surface area contributed by atoms with Gasteiger partial charge in [0.05, 0.1) is 17.7 Å². The molecule has 10 heteroatoms. The number of likely N-dealkylation sites (N-methyl/N-ethyl adjacent to an activating group) is 1. The fourth-order valence-electron chi connectivity index (χ4n) is 5.74. The third-order valence-electron chi connectivity index (χ3n) is 7.21. The van der Waals surface area contributed by atoms with Crippen LogP contribution in [-0.4, -0.2) is 68.5 Å². The second-order valence-corrected chi connectivity index (χ2v) is 9.22. The third kappa shape index (κ3) is 3.04. The number of carbonyl (C=O) groups is 3. The molecule has 1 aromatic carbocycles. The molecule has 4 rings (SSSR count). The van der Waals surface area contributed by atoms with Crippen LogP contribution in [0.25, 0.3) is 0 Å². The quantitative estimate of drug-likeness (QED) is 0.395. The van der Waals surface area contributed by atoms with Crippen molar-refractivity contribution in [2.75, 3.05) is 14.1 Å². The Hall–Kier alpha value is -3.68. The lowest BCUT2D eigenvalue weighted by molar-refractivity contribution is -0.148. The van der Waals surface area contributed by atoms with Crippen LogP contribution in [0.15, 0.2) is 34.8 Å². The summed E-state index contributed by atoms with van der Waals surface area (Å²) in [5, 5.41) is 52.9. The minimum atomic E-state index is -2.65. The molecular weight excluding hydrogens is 442 g/mol. The van der Waals surface area contributed by atoms with E-state index >= 15 is 0 Å². The summed E-state index contributed by atoms with van der Waals surface area (Å²) in [7, 11) is 3.15. The summed E-state index contributed by atoms with van der Waals surface area (Å²) in [5.74, 6) is -6.79. The Morgan fingerprint density at radius 1 is 1.26 bits per heavy atom. The fourth-order valence-corrected chi connectivity index (χ4v) is 5.74. The maximum Gasteiger partial charge on any atom is 0.255 e. The minimum absolute atomic E-state index is 0.0269. The predicted molar refractivity (Wildman–Crippen MR) is 118 cm³/mol. The number of fused-ring (bicyclic) bond motifs is 3. The zero-order valence-electron chi connectivity index (χ0n) is 18.7. The smallest absolute Gasteiger partial charge is 0.255 e. The Morgan fingerprint density at radius 3 is 2.53 bits per heavy atom. The van der Waals surface area contributed by atoms with Crippen molar-refractivity contribution in [3.05, 3.63) is 51.5 Å². The van der Waals surface area contributed by atoms with Gasteiger partial charge in [0.2, 0.25) is 5.78 Å². The number of phenols is 1. The maximum atomic E-state index is 13.5. The van der Waals surface area contributed by atoms with Crippen molar-refractivity contribution >= 4 is 17.5 Å². The van der Waals surface area contributed by atoms with Gasteiger partial charge in [0.1, 0.15) is 22.8 Å². The van der Waals surface area contributed by atoms with E-state index in [-0.39, 0.29) is 36.1 Å². The average Bonchev–Trinajstić information content (AvgIpc) is 2.75. The number of nitriles is 1. The molecule has 4 atom stereocenters. The van der Waals surface area contributed by atoms with Crippen LogP contribution in [0.1, 0.15) is 34.3 Å². The number of nitrogens with two attached hydrogens (primary N) is 1. The molecule has 10 nitrogen and oxygen atoms in total. The van der Waals surface area contributed by atoms with E-state index in [0.717, 1.165) is 0 Å². The molecule has 3 aliphatic carbocycles. The van der Waals surface area contributed by atoms with Gasteiger partial charge >= 0.3 is 0 Å². The lowest BCUT2D eigenvalue weighted by atomic mass is 9.58. The number of aliphatic hydroxyl groups is 3. The fraction of sp³-hybridized carbons (Fsp3) is 0.417. The van der Waals surface area contributed by atoms with Gasteiger partial charge in [-0.05, 0) is 56.5 Å². The molecule has 4 unspecified atom stereocenters. The van der Waals surface area contributed by atoms with Crippen LogP contribution in [-0.2, 0) is 22.4 Å². The van der Waals surface area contributed by atoms with E-state index in [4.69, 9.17) is 11.0 Å². The summed E-state index contributed by atoms with van der Waals surface area (Å²) in [6.45, 7) is 0. The Labute approximate surface area is 195 Å². The Kier molecular flexibility index (Phi) is 5.50. The number of phenolic OH excluding ortho intramolecular Hbond substituents is 1. The summed E-state index contributed by atoms with van der Waals surface area (Å²) in [6.07, 6.45) is 0.808. The SMILES string of the molecule is CN(C)C1C(O)=C(C(N)=O)C(=O)C2(O)C(O)=C3C(=O)c4c(O)ccc(CCC#N)c4CC3CC12. The standard InChI is InChI=1S/C24H25N3O7/c1-27(2)18-13-9-11-8-12-10(4-3-7-25)5-6-14(28)16(12)19(29)15(11)21(31)24(13,34)22(32)17(20(18)30)23(26)33/h5-6,11,13,18,28,30-31,34H,3-4,8-9H2,1-2H3,(H2,26,33). The van der Waals surface area contributed by atoms with Crippen molar-refractivity contribution in [1.82, 2.24) is 4.90 Å². The second-order valence-electron chi connectivity index (χ2n) is 9.22. The van der Waals surface area contributed by atoms with Crippen molar-refractivity contribution in [3.8, 4) is 11.8 Å². The number of ketones is 2. The number of carbonyl (C=O) groups excluding carboxylic acids is 3. The molecule has 0 heterocycles. The zero-order valence-corrected chi connectivity index (χ0v) is 18.7. The number of amides is 1. The summed E-state index contributed by atoms with van der Waals surface area (Å²) < 4.78 is 0. The molecular formula is C24H25N3O7. The maximum absolute atomic E-state index is 13.5. The van der Waals surface area contributed by atoms with Gasteiger partial charge in [-0.3, -0.25) is 19.3 Å². The Morgan fingerprint density at radius 2 is 1.94 bits per heavy atom. The first-order valence-electron chi connectivity index (χ1n) is 10.8. The number of aliphatic hydroxyl groups excluding tert-OH is 2. The minimum Gasteiger partial charge on any atom is -0.510 e. The van der Waals surface area contributed by atoms with Gasteiger partial charge in [-0.1, -0.05) is 6.07 Å². The molecule has 6 N–H and O–H groups in total. The molecule has 0 fully saturated rings. The van der Waals surface area contributed by atoms with Gasteiger partial charge in [-0.2, -0.15) is 5.26 Å². The number of hydrogen-bond donors (Lipinski definition) is 5. The van der Waals surface area contributed by atoms with Gasteiger partial charge in [-0.25, -0.2) is 0 Å². The van der Waals surface area contributed by atoms with E-state index in [1.165, 1.54) is 11.0 Å². The zero-order chi connectivity index (χ0) is 25.1. The molecule has 34 heavy (non-hydrogen) atoms. The van der Waals surface area contributed by atoms with Crippen molar-refractivity contribution in [2.24, 2.45) is 17.6 Å². The number of hydrogen-bond acceptors (Lipinski definition) is 9. The summed E-state index contributed by atoms with van der Waals surface area (Å²) >= 11 is 0. The number of nitrogens with zero attached hydrogens (tertiary/aromatic N) is 2. The molecule has 0 radical (unpaired) electrons. The van der Waals surface area contributed by atoms with Crippen LogP contribution in [0.4, 0.5) is 0 Å². The summed E-state index contributed by atoms with van der Waals surface area (Å²) in [4.78, 5) is 40.2. The van der Waals surface area contributed by atoms with E-state index in [1.807, 2.05) is 0 Å². The highest BCUT2D eigenvalue weighted by atomic mass is 16.3. The first kappa shape index (κ1) is 23.5. The van der Waals surface area contributed by atoms with Crippen LogP contribution >= 0.6 is 0 Å². The van der Waals surface area contributed by atoms with Crippen molar-refractivity contribution in [3.63, 3.8) is 0 Å². The number of aryl methyl sites for hydroxylation is 1. The molecule has 0 saturated carbocycles. The molecule has 1 aromatic rings. The molecule has 0 aliphatic heterocycles. The normalized spacial score (nSPS) is 28.4. The van der Waals surface area contributed by atoms with Gasteiger partial charge in [0.15, 0.2) is 11.4 Å². The van der Waals surface area contributed by atoms with Crippen molar-refractivity contribution in [1.29, 1.82) is 5.26 Å². The topological polar surface area (TPSA) is 185 Å². The monoisotopic (exact) mass is 467 g/mol. The van der Waals surface area contributed by atoms with Crippen LogP contribution in [0.5, 0.6) is 5.75 Å². The van der Waals surface area contributed by atoms with Crippen molar-refractivity contribution < 1.29 is 34.8 Å². The lowest BCUT2D eigenvalue weighted by Gasteiger charge is -2.50. The number of benzene rings is 1. The molecule has 1 amide bonds. The second kappa shape index (κ2) is 7.97. The van der Waals surface area contributed by atoms with E-state index in [1.54, 1.807) is 20.2 Å². The lowest BCUT2D eigenvalue weighted by Crippen LogP contribution is -2.63. The highest BCUT2D eigenvalue weighted by Crippen LogP contribution is 2.52. The third-order valence-corrected chi connectivity index (χ3v) is 7.21. The molecule has 178 valence electrons.